The van der Waals surface area contributed by atoms with Gasteiger partial charge < -0.3 is 30.7 Å². The van der Waals surface area contributed by atoms with Crippen LogP contribution in [0, 0.1) is 0 Å². The third kappa shape index (κ3) is 6.61. The number of carboxylic acid groups (broad SMARTS) is 1. The average molecular weight is 703 g/mol. The summed E-state index contributed by atoms with van der Waals surface area (Å²) in [5.74, 6) is -1.85. The Morgan fingerprint density at radius 3 is 2.32 bits per heavy atom. The molecular weight excluding hydrogens is 670 g/mol. The van der Waals surface area contributed by atoms with Crippen molar-refractivity contribution >= 4 is 67.8 Å². The number of methoxy groups -OCH3 is 1. The molecule has 1 heterocycles. The zero-order valence-electron chi connectivity index (χ0n) is 25.8. The number of hydrogen-bond acceptors (Lipinski definition) is 6. The maximum Gasteiger partial charge on any atom is 0.407 e. The highest BCUT2D eigenvalue weighted by Gasteiger charge is 2.39. The van der Waals surface area contributed by atoms with Gasteiger partial charge in [-0.2, -0.15) is 0 Å². The van der Waals surface area contributed by atoms with E-state index in [1.807, 2.05) is 30.3 Å². The molecule has 0 radical (unpaired) electrons. The Kier molecular flexibility index (Phi) is 9.47. The largest absolute Gasteiger partial charge is 0.496 e. The van der Waals surface area contributed by atoms with E-state index in [2.05, 4.69) is 21.2 Å². The molecular formula is C34H32BrN5O7. The molecule has 0 unspecified atom stereocenters. The Morgan fingerprint density at radius 1 is 1.02 bits per heavy atom. The highest BCUT2D eigenvalue weighted by molar-refractivity contribution is 9.10. The lowest BCUT2D eigenvalue weighted by atomic mass is 10.0. The highest BCUT2D eigenvalue weighted by Crippen LogP contribution is 2.38. The quantitative estimate of drug-likeness (QED) is 0.245. The van der Waals surface area contributed by atoms with Gasteiger partial charge in [0.25, 0.3) is 11.8 Å². The molecule has 0 spiro atoms. The van der Waals surface area contributed by atoms with E-state index in [1.165, 1.54) is 55.1 Å². The molecule has 0 saturated heterocycles. The van der Waals surface area contributed by atoms with E-state index < -0.39 is 41.8 Å². The van der Waals surface area contributed by atoms with Crippen molar-refractivity contribution in [2.75, 3.05) is 30.5 Å². The number of carbonyl (C=O) groups excluding carboxylic acids is 4. The fourth-order valence-electron chi connectivity index (χ4n) is 5.47. The molecule has 0 aliphatic carbocycles. The van der Waals surface area contributed by atoms with E-state index in [9.17, 15) is 29.1 Å². The number of carbonyl (C=O) groups is 5. The number of para-hydroxylation sites is 2. The molecule has 2 atom stereocenters. The number of rotatable bonds is 8. The number of anilines is 2. The molecule has 47 heavy (non-hydrogen) atoms. The number of nitrogens with two attached hydrogens (primary N) is 1. The number of hydrogen-bond donors (Lipinski definition) is 3. The zero-order chi connectivity index (χ0) is 34.0. The van der Waals surface area contributed by atoms with Crippen molar-refractivity contribution in [3.8, 4) is 5.75 Å². The summed E-state index contributed by atoms with van der Waals surface area (Å²) in [4.78, 5) is 68.9. The second-order valence-electron chi connectivity index (χ2n) is 11.0. The molecule has 1 aliphatic rings. The lowest BCUT2D eigenvalue weighted by Gasteiger charge is -2.28. The number of nitrogens with one attached hydrogen (secondary N) is 1. The zero-order valence-corrected chi connectivity index (χ0v) is 27.4. The van der Waals surface area contributed by atoms with Crippen LogP contribution in [0.25, 0.3) is 10.8 Å². The van der Waals surface area contributed by atoms with Crippen molar-refractivity contribution in [3.05, 3.63) is 100 Å². The van der Waals surface area contributed by atoms with Gasteiger partial charge in [-0.3, -0.25) is 24.1 Å². The molecule has 4 aromatic rings. The third-order valence-electron chi connectivity index (χ3n) is 8.22. The highest BCUT2D eigenvalue weighted by atomic mass is 79.9. The average Bonchev–Trinajstić information content (AvgIpc) is 3.17. The molecule has 0 bridgehead atoms. The van der Waals surface area contributed by atoms with Gasteiger partial charge >= 0.3 is 6.09 Å². The van der Waals surface area contributed by atoms with Crippen molar-refractivity contribution < 1.29 is 33.8 Å². The SMILES string of the molecule is COc1ccc2cc(Br)ccc2c1CN1C(=O)[C@@H](NC(=O)[C@H](C)N(C)C(=O)O)CN(C(=O)c2ccc(C(N)=O)cc2)c2ccccc21. The molecule has 5 rings (SSSR count). The number of nitrogens with zero attached hydrogens (tertiary/aromatic N) is 3. The second-order valence-corrected chi connectivity index (χ2v) is 11.9. The normalized spacial score (nSPS) is 15.0. The van der Waals surface area contributed by atoms with Crippen molar-refractivity contribution in [2.45, 2.75) is 25.6 Å². The van der Waals surface area contributed by atoms with Crippen LogP contribution in [0.2, 0.25) is 0 Å². The number of halogens is 1. The number of amides is 5. The van der Waals surface area contributed by atoms with Crippen LogP contribution in [-0.2, 0) is 16.1 Å². The Hall–Kier alpha value is -5.43. The monoisotopic (exact) mass is 701 g/mol. The van der Waals surface area contributed by atoms with Crippen LogP contribution in [0.15, 0.2) is 83.3 Å². The Bertz CT molecular complexity index is 1900. The summed E-state index contributed by atoms with van der Waals surface area (Å²) in [7, 11) is 2.79. The van der Waals surface area contributed by atoms with Gasteiger partial charge in [-0.25, -0.2) is 4.79 Å². The number of fused-ring (bicyclic) bond motifs is 2. The topological polar surface area (TPSA) is 163 Å². The Morgan fingerprint density at radius 2 is 1.68 bits per heavy atom. The Labute approximate surface area is 278 Å². The summed E-state index contributed by atoms with van der Waals surface area (Å²) >= 11 is 3.51. The second kappa shape index (κ2) is 13.5. The predicted molar refractivity (Wildman–Crippen MR) is 180 cm³/mol. The van der Waals surface area contributed by atoms with Crippen LogP contribution in [0.1, 0.15) is 33.2 Å². The van der Waals surface area contributed by atoms with Crippen molar-refractivity contribution in [1.29, 1.82) is 0 Å². The first-order chi connectivity index (χ1) is 22.4. The fraction of sp³-hybridized carbons (Fsp3) is 0.206. The number of primary amides is 1. The summed E-state index contributed by atoms with van der Waals surface area (Å²) in [5.41, 5.74) is 7.33. The summed E-state index contributed by atoms with van der Waals surface area (Å²) in [5, 5.41) is 13.9. The van der Waals surface area contributed by atoms with Crippen molar-refractivity contribution in [3.63, 3.8) is 0 Å². The smallest absolute Gasteiger partial charge is 0.407 e. The van der Waals surface area contributed by atoms with Crippen LogP contribution in [-0.4, -0.2) is 72.5 Å². The van der Waals surface area contributed by atoms with Gasteiger partial charge in [0.15, 0.2) is 0 Å². The number of ether oxygens (including phenoxy) is 1. The van der Waals surface area contributed by atoms with Crippen LogP contribution in [0.5, 0.6) is 5.75 Å². The minimum Gasteiger partial charge on any atom is -0.496 e. The lowest BCUT2D eigenvalue weighted by molar-refractivity contribution is -0.129. The van der Waals surface area contributed by atoms with Gasteiger partial charge in [0.05, 0.1) is 31.6 Å². The molecule has 13 heteroatoms. The predicted octanol–water partition coefficient (Wildman–Crippen LogP) is 4.39. The van der Waals surface area contributed by atoms with E-state index in [-0.39, 0.29) is 24.2 Å². The van der Waals surface area contributed by atoms with Crippen LogP contribution >= 0.6 is 15.9 Å². The Balaban J connectivity index is 1.63. The molecule has 242 valence electrons. The van der Waals surface area contributed by atoms with Gasteiger partial charge in [-0.1, -0.05) is 40.2 Å². The van der Waals surface area contributed by atoms with Crippen LogP contribution in [0.4, 0.5) is 16.2 Å². The number of benzene rings is 4. The molecule has 4 aromatic carbocycles. The van der Waals surface area contributed by atoms with Crippen LogP contribution < -0.4 is 25.6 Å². The first-order valence-electron chi connectivity index (χ1n) is 14.5. The molecule has 1 aliphatic heterocycles. The first kappa shape index (κ1) is 32.9. The van der Waals surface area contributed by atoms with E-state index >= 15 is 0 Å². The third-order valence-corrected chi connectivity index (χ3v) is 8.71. The lowest BCUT2D eigenvalue weighted by Crippen LogP contribution is -2.56. The fourth-order valence-corrected chi connectivity index (χ4v) is 5.85. The summed E-state index contributed by atoms with van der Waals surface area (Å²) < 4.78 is 6.59. The van der Waals surface area contributed by atoms with Gasteiger partial charge in [0, 0.05) is 28.2 Å². The van der Waals surface area contributed by atoms with Crippen LogP contribution in [0.3, 0.4) is 0 Å². The summed E-state index contributed by atoms with van der Waals surface area (Å²) in [6.07, 6.45) is -1.32. The first-order valence-corrected chi connectivity index (χ1v) is 15.3. The van der Waals surface area contributed by atoms with E-state index in [4.69, 9.17) is 10.5 Å². The molecule has 12 nitrogen and oxygen atoms in total. The molecule has 4 N–H and O–H groups in total. The van der Waals surface area contributed by atoms with Gasteiger partial charge in [0.1, 0.15) is 17.8 Å². The standard InChI is InChI=1S/C34H32BrN5O7/c1-19(38(2)34(45)46)31(42)37-26-18-40(32(43)21-10-8-20(9-11-21)30(36)41)28-7-5-4-6-27(28)39(33(26)44)17-25-24-14-13-23(35)16-22(24)12-15-29(25)47-3/h4-16,19,26H,17-18H2,1-3H3,(H2,36,41)(H,37,42)(H,45,46)/t19-,26-/m0/s1. The summed E-state index contributed by atoms with van der Waals surface area (Å²) in [6, 6.07) is 19.7. The van der Waals surface area contributed by atoms with E-state index in [1.54, 1.807) is 24.3 Å². The van der Waals surface area contributed by atoms with Gasteiger partial charge in [0.2, 0.25) is 11.8 Å². The molecule has 5 amide bonds. The van der Waals surface area contributed by atoms with Crippen molar-refractivity contribution in [2.24, 2.45) is 5.73 Å². The minimum atomic E-state index is -1.32. The molecule has 0 fully saturated rings. The number of likely N-dealkylation sites (N-methyl/N-ethyl adjacent to an activating group) is 1. The molecule has 0 saturated carbocycles. The van der Waals surface area contributed by atoms with E-state index in [0.717, 1.165) is 20.1 Å². The van der Waals surface area contributed by atoms with Gasteiger partial charge in [-0.15, -0.1) is 0 Å². The van der Waals surface area contributed by atoms with E-state index in [0.29, 0.717) is 22.7 Å². The summed E-state index contributed by atoms with van der Waals surface area (Å²) in [6.45, 7) is 1.15. The minimum absolute atomic E-state index is 0.0181. The van der Waals surface area contributed by atoms with Gasteiger partial charge in [-0.05, 0) is 72.3 Å². The van der Waals surface area contributed by atoms with Crippen molar-refractivity contribution in [1.82, 2.24) is 10.2 Å². The maximum atomic E-state index is 14.5. The molecule has 0 aromatic heterocycles. The maximum absolute atomic E-state index is 14.5.